The van der Waals surface area contributed by atoms with Gasteiger partial charge in [0.05, 0.1) is 12.2 Å². The number of pyridine rings is 1. The number of hydrogen-bond acceptors (Lipinski definition) is 4. The highest BCUT2D eigenvalue weighted by Gasteiger charge is 2.49. The van der Waals surface area contributed by atoms with Gasteiger partial charge in [0.1, 0.15) is 0 Å². The van der Waals surface area contributed by atoms with Gasteiger partial charge in [-0.3, -0.25) is 14.7 Å². The average molecular weight is 351 g/mol. The fraction of sp³-hybridized carbons (Fsp3) is 0.429. The van der Waals surface area contributed by atoms with E-state index in [1.807, 2.05) is 18.2 Å². The van der Waals surface area contributed by atoms with Crippen LogP contribution in [0.5, 0.6) is 0 Å². The summed E-state index contributed by atoms with van der Waals surface area (Å²) < 4.78 is 0. The number of nitrogens with one attached hydrogen (secondary N) is 1. The van der Waals surface area contributed by atoms with Crippen LogP contribution in [0.15, 0.2) is 54.9 Å². The molecule has 0 bridgehead atoms. The Kier molecular flexibility index (Phi) is 5.00. The molecule has 1 aromatic carbocycles. The summed E-state index contributed by atoms with van der Waals surface area (Å²) in [5.74, 6) is 0.898. The fourth-order valence-corrected chi connectivity index (χ4v) is 4.06. The van der Waals surface area contributed by atoms with Gasteiger partial charge in [0.15, 0.2) is 0 Å². The van der Waals surface area contributed by atoms with E-state index in [4.69, 9.17) is 0 Å². The largest absolute Gasteiger partial charge is 0.395 e. The van der Waals surface area contributed by atoms with Crippen molar-refractivity contribution in [3.05, 3.63) is 66.0 Å². The molecule has 1 aliphatic carbocycles. The van der Waals surface area contributed by atoms with E-state index in [0.29, 0.717) is 12.1 Å². The quantitative estimate of drug-likeness (QED) is 0.801. The van der Waals surface area contributed by atoms with Gasteiger partial charge < -0.3 is 10.4 Å². The Morgan fingerprint density at radius 3 is 2.62 bits per heavy atom. The van der Waals surface area contributed by atoms with Crippen molar-refractivity contribution in [1.82, 2.24) is 15.2 Å². The second-order valence-electron chi connectivity index (χ2n) is 7.35. The van der Waals surface area contributed by atoms with Crippen molar-refractivity contribution in [3.8, 4) is 0 Å². The highest BCUT2D eigenvalue weighted by atomic mass is 16.3. The van der Waals surface area contributed by atoms with E-state index in [9.17, 15) is 9.90 Å². The molecule has 2 aromatic rings. The summed E-state index contributed by atoms with van der Waals surface area (Å²) in [5.41, 5.74) is 1.81. The molecule has 0 radical (unpaired) electrons. The van der Waals surface area contributed by atoms with Gasteiger partial charge in [-0.1, -0.05) is 30.3 Å². The summed E-state index contributed by atoms with van der Waals surface area (Å²) >= 11 is 0. The van der Waals surface area contributed by atoms with Crippen molar-refractivity contribution in [2.75, 3.05) is 19.7 Å². The Labute approximate surface area is 154 Å². The molecule has 1 saturated carbocycles. The lowest BCUT2D eigenvalue weighted by Crippen LogP contribution is -2.67. The Morgan fingerprint density at radius 1 is 1.15 bits per heavy atom. The minimum absolute atomic E-state index is 0.0938. The molecule has 3 atom stereocenters. The first kappa shape index (κ1) is 17.2. The van der Waals surface area contributed by atoms with Gasteiger partial charge in [-0.2, -0.15) is 0 Å². The average Bonchev–Trinajstić information content (AvgIpc) is 3.50. The molecule has 2 aliphatic rings. The topological polar surface area (TPSA) is 65.5 Å². The first-order valence-corrected chi connectivity index (χ1v) is 9.37. The lowest BCUT2D eigenvalue weighted by molar-refractivity contribution is -0.0445. The highest BCUT2D eigenvalue weighted by Crippen LogP contribution is 2.43. The Hall–Kier alpha value is -2.24. The number of hydrogen-bond donors (Lipinski definition) is 2. The minimum atomic E-state index is -0.0938. The summed E-state index contributed by atoms with van der Waals surface area (Å²) in [6, 6.07) is 14.2. The number of nitrogens with zero attached hydrogens (tertiary/aromatic N) is 2. The number of amides is 1. The summed E-state index contributed by atoms with van der Waals surface area (Å²) in [6.07, 6.45) is 5.81. The van der Waals surface area contributed by atoms with Crippen LogP contribution in [0, 0.1) is 5.92 Å². The van der Waals surface area contributed by atoms with Crippen molar-refractivity contribution in [2.24, 2.45) is 5.92 Å². The normalized spacial score (nSPS) is 25.5. The van der Waals surface area contributed by atoms with E-state index in [-0.39, 0.29) is 30.5 Å². The molecular formula is C21H25N3O2. The van der Waals surface area contributed by atoms with E-state index >= 15 is 0 Å². The molecule has 2 fully saturated rings. The molecule has 5 heteroatoms. The number of aliphatic hydroxyl groups excluding tert-OH is 1. The third kappa shape index (κ3) is 3.50. The van der Waals surface area contributed by atoms with E-state index in [1.165, 1.54) is 18.4 Å². The number of benzene rings is 1. The Balaban J connectivity index is 1.48. The molecule has 4 rings (SSSR count). The van der Waals surface area contributed by atoms with Crippen LogP contribution in [0.4, 0.5) is 0 Å². The molecule has 1 amide bonds. The Bertz CT molecular complexity index is 733. The predicted molar refractivity (Wildman–Crippen MR) is 99.8 cm³/mol. The predicted octanol–water partition coefficient (Wildman–Crippen LogP) is 2.05. The fourth-order valence-electron chi connectivity index (χ4n) is 4.06. The second kappa shape index (κ2) is 7.56. The SMILES string of the molecule is O=C(NC[C@H]1[C@@H](c2ccccc2)[C@H](CO)N1CC1CC1)c1cccnc1. The maximum absolute atomic E-state index is 12.4. The summed E-state index contributed by atoms with van der Waals surface area (Å²) in [6.45, 7) is 1.75. The monoisotopic (exact) mass is 351 g/mol. The lowest BCUT2D eigenvalue weighted by Gasteiger charge is -2.55. The van der Waals surface area contributed by atoms with Crippen LogP contribution in [0.1, 0.15) is 34.7 Å². The van der Waals surface area contributed by atoms with Crippen LogP contribution in [0.3, 0.4) is 0 Å². The molecule has 0 unspecified atom stereocenters. The van der Waals surface area contributed by atoms with Crippen LogP contribution < -0.4 is 5.32 Å². The molecule has 136 valence electrons. The lowest BCUT2D eigenvalue weighted by atomic mass is 9.75. The van der Waals surface area contributed by atoms with Gasteiger partial charge in [-0.05, 0) is 36.5 Å². The summed E-state index contributed by atoms with van der Waals surface area (Å²) in [7, 11) is 0. The number of rotatable bonds is 7. The first-order valence-electron chi connectivity index (χ1n) is 9.37. The van der Waals surface area contributed by atoms with Crippen LogP contribution in [0.25, 0.3) is 0 Å². The van der Waals surface area contributed by atoms with Crippen LogP contribution in [-0.4, -0.2) is 52.7 Å². The molecule has 26 heavy (non-hydrogen) atoms. The van der Waals surface area contributed by atoms with Gasteiger partial charge in [0.25, 0.3) is 5.91 Å². The molecule has 2 heterocycles. The Morgan fingerprint density at radius 2 is 1.96 bits per heavy atom. The van der Waals surface area contributed by atoms with Crippen molar-refractivity contribution in [2.45, 2.75) is 30.8 Å². The zero-order chi connectivity index (χ0) is 17.9. The third-order valence-electron chi connectivity index (χ3n) is 5.61. The van der Waals surface area contributed by atoms with Crippen molar-refractivity contribution < 1.29 is 9.90 Å². The molecule has 1 aliphatic heterocycles. The molecule has 5 nitrogen and oxygen atoms in total. The van der Waals surface area contributed by atoms with Gasteiger partial charge in [-0.15, -0.1) is 0 Å². The zero-order valence-corrected chi connectivity index (χ0v) is 14.8. The number of aromatic nitrogens is 1. The van der Waals surface area contributed by atoms with Crippen molar-refractivity contribution in [1.29, 1.82) is 0 Å². The second-order valence-corrected chi connectivity index (χ2v) is 7.35. The number of carbonyl (C=O) groups excluding carboxylic acids is 1. The van der Waals surface area contributed by atoms with E-state index in [2.05, 4.69) is 27.3 Å². The van der Waals surface area contributed by atoms with Gasteiger partial charge >= 0.3 is 0 Å². The van der Waals surface area contributed by atoms with Crippen LogP contribution >= 0.6 is 0 Å². The minimum Gasteiger partial charge on any atom is -0.395 e. The first-order chi connectivity index (χ1) is 12.8. The van der Waals surface area contributed by atoms with Crippen LogP contribution in [0.2, 0.25) is 0 Å². The highest BCUT2D eigenvalue weighted by molar-refractivity contribution is 5.93. The molecule has 2 N–H and O–H groups in total. The van der Waals surface area contributed by atoms with Gasteiger partial charge in [0, 0.05) is 43.5 Å². The summed E-state index contributed by atoms with van der Waals surface area (Å²) in [5, 5.41) is 13.0. The smallest absolute Gasteiger partial charge is 0.252 e. The standard InChI is InChI=1S/C21H25N3O2/c25-14-19-20(16-5-2-1-3-6-16)18(24(19)13-15-8-9-15)12-23-21(26)17-7-4-10-22-11-17/h1-7,10-11,15,18-20,25H,8-9,12-14H2,(H,23,26)/t18-,19-,20+/m0/s1. The van der Waals surface area contributed by atoms with E-state index in [1.54, 1.807) is 24.5 Å². The van der Waals surface area contributed by atoms with Crippen molar-refractivity contribution >= 4 is 5.91 Å². The number of aliphatic hydroxyl groups is 1. The molecular weight excluding hydrogens is 326 g/mol. The number of carbonyl (C=O) groups is 1. The van der Waals surface area contributed by atoms with E-state index < -0.39 is 0 Å². The maximum Gasteiger partial charge on any atom is 0.252 e. The van der Waals surface area contributed by atoms with Crippen molar-refractivity contribution in [3.63, 3.8) is 0 Å². The van der Waals surface area contributed by atoms with E-state index in [0.717, 1.165) is 12.5 Å². The van der Waals surface area contributed by atoms with Gasteiger partial charge in [-0.25, -0.2) is 0 Å². The molecule has 0 spiro atoms. The summed E-state index contributed by atoms with van der Waals surface area (Å²) in [4.78, 5) is 18.8. The molecule has 1 saturated heterocycles. The number of likely N-dealkylation sites (tertiary alicyclic amines) is 1. The molecule has 1 aromatic heterocycles. The van der Waals surface area contributed by atoms with Crippen LogP contribution in [-0.2, 0) is 0 Å². The maximum atomic E-state index is 12.4. The zero-order valence-electron chi connectivity index (χ0n) is 14.8. The third-order valence-corrected chi connectivity index (χ3v) is 5.61. The van der Waals surface area contributed by atoms with Gasteiger partial charge in [0.2, 0.25) is 0 Å².